The number of carbonyl (C=O) groups excluding carboxylic acids is 3. The van der Waals surface area contributed by atoms with Crippen LogP contribution in [0.25, 0.3) is 0 Å². The molecule has 0 unspecified atom stereocenters. The number of hydrogen-bond acceptors (Lipinski definition) is 6. The van der Waals surface area contributed by atoms with Crippen LogP contribution in [0.1, 0.15) is 38.1 Å². The number of benzene rings is 1. The lowest BCUT2D eigenvalue weighted by Crippen LogP contribution is -2.30. The molecule has 2 rings (SSSR count). The zero-order chi connectivity index (χ0) is 20.8. The number of likely N-dealkylation sites (N-methyl/N-ethyl adjacent to an activating group) is 1. The molecule has 7 nitrogen and oxygen atoms in total. The summed E-state index contributed by atoms with van der Waals surface area (Å²) in [6, 6.07) is 6.31. The summed E-state index contributed by atoms with van der Waals surface area (Å²) in [7, 11) is 1.67. The molecular weight excluding hydrogens is 385 g/mol. The number of rotatable bonds is 8. The maximum absolute atomic E-state index is 13.8. The number of amides is 2. The third kappa shape index (κ3) is 5.14. The zero-order valence-corrected chi connectivity index (χ0v) is 16.7. The van der Waals surface area contributed by atoms with Gasteiger partial charge in [0.05, 0.1) is 23.6 Å². The molecule has 0 aliphatic heterocycles. The van der Waals surface area contributed by atoms with Crippen LogP contribution in [0.3, 0.4) is 0 Å². The number of primary amides is 1. The number of halogens is 1. The maximum Gasteiger partial charge on any atom is 0.341 e. The Labute approximate surface area is 166 Å². The van der Waals surface area contributed by atoms with Crippen molar-refractivity contribution in [2.45, 2.75) is 20.4 Å². The first-order valence-electron chi connectivity index (χ1n) is 8.56. The number of nitrogens with two attached hydrogens (primary N) is 1. The fourth-order valence-electron chi connectivity index (χ4n) is 2.67. The SMILES string of the molecule is CCOC(=O)c1c(NC(=O)CN(C)Cc2ccccc2F)sc(C(N)=O)c1C. The predicted molar refractivity (Wildman–Crippen MR) is 105 cm³/mol. The van der Waals surface area contributed by atoms with E-state index in [-0.39, 0.29) is 41.0 Å². The number of ether oxygens (including phenoxy) is 1. The van der Waals surface area contributed by atoms with Crippen molar-refractivity contribution in [3.05, 3.63) is 51.7 Å². The van der Waals surface area contributed by atoms with Crippen molar-refractivity contribution in [3.63, 3.8) is 0 Å². The number of anilines is 1. The monoisotopic (exact) mass is 407 g/mol. The smallest absolute Gasteiger partial charge is 0.341 e. The number of thiophene rings is 1. The Morgan fingerprint density at radius 1 is 1.29 bits per heavy atom. The van der Waals surface area contributed by atoms with Crippen molar-refractivity contribution in [2.24, 2.45) is 5.73 Å². The number of hydrogen-bond donors (Lipinski definition) is 2. The van der Waals surface area contributed by atoms with Crippen LogP contribution in [0.4, 0.5) is 9.39 Å². The van der Waals surface area contributed by atoms with Gasteiger partial charge in [0, 0.05) is 12.1 Å². The Kier molecular flexibility index (Phi) is 7.24. The molecule has 0 saturated heterocycles. The highest BCUT2D eigenvalue weighted by Crippen LogP contribution is 2.33. The van der Waals surface area contributed by atoms with Crippen LogP contribution in [-0.4, -0.2) is 42.9 Å². The number of carbonyl (C=O) groups is 3. The number of esters is 1. The Bertz CT molecular complexity index is 897. The lowest BCUT2D eigenvalue weighted by atomic mass is 10.1. The van der Waals surface area contributed by atoms with E-state index in [1.54, 1.807) is 44.0 Å². The van der Waals surface area contributed by atoms with E-state index in [4.69, 9.17) is 10.5 Å². The predicted octanol–water partition coefficient (Wildman–Crippen LogP) is 2.54. The summed E-state index contributed by atoms with van der Waals surface area (Å²) in [5.74, 6) is -2.09. The second-order valence-corrected chi connectivity index (χ2v) is 7.18. The van der Waals surface area contributed by atoms with Gasteiger partial charge in [-0.3, -0.25) is 14.5 Å². The average Bonchev–Trinajstić information content (AvgIpc) is 2.93. The van der Waals surface area contributed by atoms with E-state index < -0.39 is 17.8 Å². The molecule has 2 amide bonds. The van der Waals surface area contributed by atoms with Gasteiger partial charge < -0.3 is 15.8 Å². The van der Waals surface area contributed by atoms with Crippen LogP contribution < -0.4 is 11.1 Å². The normalized spacial score (nSPS) is 10.8. The summed E-state index contributed by atoms with van der Waals surface area (Å²) in [6.07, 6.45) is 0. The summed E-state index contributed by atoms with van der Waals surface area (Å²) in [6.45, 7) is 3.58. The lowest BCUT2D eigenvalue weighted by Gasteiger charge is -2.16. The quantitative estimate of drug-likeness (QED) is 0.655. The van der Waals surface area contributed by atoms with E-state index in [1.807, 2.05) is 0 Å². The summed E-state index contributed by atoms with van der Waals surface area (Å²) >= 11 is 0.924. The second kappa shape index (κ2) is 9.43. The molecule has 1 heterocycles. The highest BCUT2D eigenvalue weighted by Gasteiger charge is 2.25. The molecule has 1 aromatic heterocycles. The van der Waals surface area contributed by atoms with Gasteiger partial charge in [-0.15, -0.1) is 11.3 Å². The van der Waals surface area contributed by atoms with Crippen LogP contribution in [0.15, 0.2) is 24.3 Å². The molecule has 150 valence electrons. The van der Waals surface area contributed by atoms with Gasteiger partial charge >= 0.3 is 5.97 Å². The highest BCUT2D eigenvalue weighted by atomic mass is 32.1. The van der Waals surface area contributed by atoms with Gasteiger partial charge in [0.1, 0.15) is 10.8 Å². The first-order valence-corrected chi connectivity index (χ1v) is 9.38. The Balaban J connectivity index is 2.14. The van der Waals surface area contributed by atoms with Gasteiger partial charge in [-0.25, -0.2) is 9.18 Å². The van der Waals surface area contributed by atoms with Crippen LogP contribution in [-0.2, 0) is 16.1 Å². The fourth-order valence-corrected chi connectivity index (χ4v) is 3.73. The Hall–Kier alpha value is -2.78. The summed E-state index contributed by atoms with van der Waals surface area (Å²) < 4.78 is 18.8. The van der Waals surface area contributed by atoms with Crippen molar-refractivity contribution < 1.29 is 23.5 Å². The third-order valence-electron chi connectivity index (χ3n) is 3.91. The summed E-state index contributed by atoms with van der Waals surface area (Å²) in [5.41, 5.74) is 6.29. The van der Waals surface area contributed by atoms with Gasteiger partial charge in [-0.05, 0) is 32.5 Å². The fraction of sp³-hybridized carbons (Fsp3) is 0.316. The first-order chi connectivity index (χ1) is 13.2. The molecule has 0 aliphatic carbocycles. The number of nitrogens with one attached hydrogen (secondary N) is 1. The lowest BCUT2D eigenvalue weighted by molar-refractivity contribution is -0.117. The molecule has 0 bridgehead atoms. The second-order valence-electron chi connectivity index (χ2n) is 6.16. The van der Waals surface area contributed by atoms with Gasteiger partial charge in [0.25, 0.3) is 5.91 Å². The van der Waals surface area contributed by atoms with Crippen molar-refractivity contribution in [1.29, 1.82) is 0 Å². The highest BCUT2D eigenvalue weighted by molar-refractivity contribution is 7.18. The van der Waals surface area contributed by atoms with Gasteiger partial charge in [0.15, 0.2) is 0 Å². The van der Waals surface area contributed by atoms with Crippen molar-refractivity contribution in [1.82, 2.24) is 4.90 Å². The number of nitrogens with zero attached hydrogens (tertiary/aromatic N) is 1. The maximum atomic E-state index is 13.8. The minimum Gasteiger partial charge on any atom is -0.462 e. The van der Waals surface area contributed by atoms with E-state index in [0.29, 0.717) is 11.1 Å². The van der Waals surface area contributed by atoms with E-state index in [9.17, 15) is 18.8 Å². The topological polar surface area (TPSA) is 102 Å². The van der Waals surface area contributed by atoms with Crippen molar-refractivity contribution in [3.8, 4) is 0 Å². The Morgan fingerprint density at radius 3 is 2.57 bits per heavy atom. The molecule has 0 spiro atoms. The van der Waals surface area contributed by atoms with Gasteiger partial charge in [-0.2, -0.15) is 0 Å². The zero-order valence-electron chi connectivity index (χ0n) is 15.9. The first kappa shape index (κ1) is 21.5. The van der Waals surface area contributed by atoms with Crippen LogP contribution in [0.5, 0.6) is 0 Å². The van der Waals surface area contributed by atoms with Crippen LogP contribution >= 0.6 is 11.3 Å². The van der Waals surface area contributed by atoms with E-state index in [2.05, 4.69) is 5.32 Å². The van der Waals surface area contributed by atoms with E-state index in [0.717, 1.165) is 11.3 Å². The Morgan fingerprint density at radius 2 is 1.96 bits per heavy atom. The molecule has 28 heavy (non-hydrogen) atoms. The molecule has 0 saturated carbocycles. The average molecular weight is 407 g/mol. The molecule has 3 N–H and O–H groups in total. The molecule has 2 aromatic rings. The van der Waals surface area contributed by atoms with E-state index in [1.165, 1.54) is 6.07 Å². The van der Waals surface area contributed by atoms with Crippen LogP contribution in [0.2, 0.25) is 0 Å². The molecular formula is C19H22FN3O4S. The molecule has 0 radical (unpaired) electrons. The summed E-state index contributed by atoms with van der Waals surface area (Å²) in [5, 5.41) is 2.84. The third-order valence-corrected chi connectivity index (χ3v) is 5.14. The van der Waals surface area contributed by atoms with Crippen molar-refractivity contribution in [2.75, 3.05) is 25.5 Å². The molecule has 0 fully saturated rings. The standard InChI is InChI=1S/C19H22FN3O4S/c1-4-27-19(26)15-11(2)16(17(21)25)28-18(15)22-14(24)10-23(3)9-12-7-5-6-8-13(12)20/h5-8H,4,9-10H2,1-3H3,(H2,21,25)(H,22,24). The van der Waals surface area contributed by atoms with Crippen LogP contribution in [0, 0.1) is 12.7 Å². The minimum atomic E-state index is -0.690. The van der Waals surface area contributed by atoms with Crippen molar-refractivity contribution >= 4 is 34.1 Å². The molecule has 1 aromatic carbocycles. The largest absolute Gasteiger partial charge is 0.462 e. The molecule has 0 atom stereocenters. The summed E-state index contributed by atoms with van der Waals surface area (Å²) in [4.78, 5) is 38.0. The molecule has 0 aliphatic rings. The van der Waals surface area contributed by atoms with Gasteiger partial charge in [-0.1, -0.05) is 18.2 Å². The van der Waals surface area contributed by atoms with E-state index >= 15 is 0 Å². The minimum absolute atomic E-state index is 0.0422. The van der Waals surface area contributed by atoms with Gasteiger partial charge in [0.2, 0.25) is 5.91 Å². The molecule has 9 heteroatoms.